The van der Waals surface area contributed by atoms with E-state index in [0.717, 1.165) is 18.6 Å². The summed E-state index contributed by atoms with van der Waals surface area (Å²) >= 11 is 0. The molecule has 0 unspecified atom stereocenters. The van der Waals surface area contributed by atoms with E-state index in [2.05, 4.69) is 46.8 Å². The van der Waals surface area contributed by atoms with Crippen molar-refractivity contribution in [2.75, 3.05) is 7.11 Å². The third-order valence-corrected chi connectivity index (χ3v) is 6.32. The quantitative estimate of drug-likeness (QED) is 0.765. The van der Waals surface area contributed by atoms with Gasteiger partial charge in [-0.2, -0.15) is 0 Å². The molecule has 0 aromatic heterocycles. The number of hydrogen-bond donors (Lipinski definition) is 0. The molecule has 1 fully saturated rings. The molecule has 0 bridgehead atoms. The van der Waals surface area contributed by atoms with Crippen LogP contribution in [0.15, 0.2) is 12.1 Å². The van der Waals surface area contributed by atoms with Gasteiger partial charge in [0.25, 0.3) is 0 Å². The summed E-state index contributed by atoms with van der Waals surface area (Å²) < 4.78 is 5.69. The topological polar surface area (TPSA) is 26.3 Å². The van der Waals surface area contributed by atoms with Gasteiger partial charge in [-0.05, 0) is 46.9 Å². The lowest BCUT2D eigenvalue weighted by Gasteiger charge is -2.53. The largest absolute Gasteiger partial charge is 0.496 e. The lowest BCUT2D eigenvalue weighted by Crippen LogP contribution is -2.52. The summed E-state index contributed by atoms with van der Waals surface area (Å²) in [5.41, 5.74) is 3.85. The van der Waals surface area contributed by atoms with E-state index in [1.165, 1.54) is 23.1 Å². The number of fused-ring (bicyclic) bond motifs is 3. The Morgan fingerprint density at radius 2 is 1.87 bits per heavy atom. The number of carbonyl (C=O) groups excluding carboxylic acids is 1. The second kappa shape index (κ2) is 5.36. The van der Waals surface area contributed by atoms with E-state index < -0.39 is 0 Å². The molecule has 0 heterocycles. The van der Waals surface area contributed by atoms with E-state index >= 15 is 0 Å². The van der Waals surface area contributed by atoms with Crippen LogP contribution in [0.25, 0.3) is 0 Å². The van der Waals surface area contributed by atoms with Crippen molar-refractivity contribution >= 4 is 5.78 Å². The minimum Gasteiger partial charge on any atom is -0.496 e. The average molecular weight is 314 g/mol. The van der Waals surface area contributed by atoms with Gasteiger partial charge in [0.15, 0.2) is 0 Å². The molecule has 0 amide bonds. The number of ether oxygens (including phenoxy) is 1. The van der Waals surface area contributed by atoms with Gasteiger partial charge in [-0.1, -0.05) is 47.1 Å². The first kappa shape index (κ1) is 16.5. The van der Waals surface area contributed by atoms with Crippen molar-refractivity contribution in [2.24, 2.45) is 11.3 Å². The monoisotopic (exact) mass is 314 g/mol. The van der Waals surface area contributed by atoms with Gasteiger partial charge in [0.2, 0.25) is 0 Å². The van der Waals surface area contributed by atoms with Crippen LogP contribution in [-0.4, -0.2) is 12.9 Å². The SMILES string of the molecule is COc1cc2c(cc1C(C)C)CC(=O)[C@H]1C(C)(C)CCC[C@]21C. The Bertz CT molecular complexity index is 641. The predicted octanol–water partition coefficient (Wildman–Crippen LogP) is 5.03. The first-order chi connectivity index (χ1) is 10.7. The zero-order valence-corrected chi connectivity index (χ0v) is 15.5. The van der Waals surface area contributed by atoms with E-state index in [-0.39, 0.29) is 16.7 Å². The highest BCUT2D eigenvalue weighted by atomic mass is 16.5. The summed E-state index contributed by atoms with van der Waals surface area (Å²) in [6.07, 6.45) is 4.03. The van der Waals surface area contributed by atoms with E-state index in [9.17, 15) is 4.79 Å². The number of rotatable bonds is 2. The highest BCUT2D eigenvalue weighted by Crippen LogP contribution is 2.56. The molecule has 0 aliphatic heterocycles. The van der Waals surface area contributed by atoms with Crippen molar-refractivity contribution in [1.82, 2.24) is 0 Å². The van der Waals surface area contributed by atoms with Crippen molar-refractivity contribution in [2.45, 2.75) is 71.6 Å². The molecule has 1 aromatic rings. The normalized spacial score (nSPS) is 29.2. The molecule has 1 saturated carbocycles. The lowest BCUT2D eigenvalue weighted by atomic mass is 9.50. The molecule has 23 heavy (non-hydrogen) atoms. The van der Waals surface area contributed by atoms with Crippen LogP contribution >= 0.6 is 0 Å². The van der Waals surface area contributed by atoms with Gasteiger partial charge in [0, 0.05) is 17.8 Å². The Hall–Kier alpha value is -1.31. The van der Waals surface area contributed by atoms with Crippen LogP contribution in [0.1, 0.15) is 76.5 Å². The third-order valence-electron chi connectivity index (χ3n) is 6.32. The maximum atomic E-state index is 13.0. The van der Waals surface area contributed by atoms with E-state index in [0.29, 0.717) is 18.1 Å². The number of methoxy groups -OCH3 is 1. The number of carbonyl (C=O) groups is 1. The molecular formula is C21H30O2. The van der Waals surface area contributed by atoms with Crippen molar-refractivity contribution in [3.8, 4) is 5.75 Å². The number of benzene rings is 1. The average Bonchev–Trinajstić information content (AvgIpc) is 2.44. The molecule has 0 radical (unpaired) electrons. The summed E-state index contributed by atoms with van der Waals surface area (Å²) in [4.78, 5) is 13.0. The molecule has 2 atom stereocenters. The summed E-state index contributed by atoms with van der Waals surface area (Å²) in [5, 5.41) is 0. The molecule has 0 spiro atoms. The van der Waals surface area contributed by atoms with Gasteiger partial charge in [0.1, 0.15) is 11.5 Å². The van der Waals surface area contributed by atoms with Crippen molar-refractivity contribution in [3.05, 3.63) is 28.8 Å². The minimum absolute atomic E-state index is 0.0464. The van der Waals surface area contributed by atoms with Crippen LogP contribution in [0.2, 0.25) is 0 Å². The zero-order chi connectivity index (χ0) is 17.0. The van der Waals surface area contributed by atoms with Gasteiger partial charge < -0.3 is 4.74 Å². The molecule has 126 valence electrons. The van der Waals surface area contributed by atoms with Crippen LogP contribution in [0.4, 0.5) is 0 Å². The summed E-state index contributed by atoms with van der Waals surface area (Å²) in [6.45, 7) is 11.2. The Labute approximate surface area is 140 Å². The van der Waals surface area contributed by atoms with Gasteiger partial charge in [-0.25, -0.2) is 0 Å². The Morgan fingerprint density at radius 1 is 1.17 bits per heavy atom. The summed E-state index contributed by atoms with van der Waals surface area (Å²) in [6, 6.07) is 4.48. The highest BCUT2D eigenvalue weighted by molar-refractivity contribution is 5.88. The number of ketones is 1. The summed E-state index contributed by atoms with van der Waals surface area (Å²) in [7, 11) is 1.76. The molecule has 0 N–H and O–H groups in total. The summed E-state index contributed by atoms with van der Waals surface area (Å²) in [5.74, 6) is 1.95. The van der Waals surface area contributed by atoms with Crippen LogP contribution < -0.4 is 4.74 Å². The van der Waals surface area contributed by atoms with Crippen LogP contribution in [0.5, 0.6) is 5.75 Å². The maximum Gasteiger partial charge on any atom is 0.141 e. The first-order valence-corrected chi connectivity index (χ1v) is 8.94. The fraction of sp³-hybridized carbons (Fsp3) is 0.667. The molecule has 2 heteroatoms. The van der Waals surface area contributed by atoms with Gasteiger partial charge in [-0.15, -0.1) is 0 Å². The van der Waals surface area contributed by atoms with Gasteiger partial charge in [-0.3, -0.25) is 4.79 Å². The van der Waals surface area contributed by atoms with Crippen molar-refractivity contribution < 1.29 is 9.53 Å². The maximum absolute atomic E-state index is 13.0. The number of hydrogen-bond acceptors (Lipinski definition) is 2. The molecule has 2 aliphatic rings. The fourth-order valence-electron chi connectivity index (χ4n) is 5.38. The molecule has 3 rings (SSSR count). The van der Waals surface area contributed by atoms with Gasteiger partial charge >= 0.3 is 0 Å². The minimum atomic E-state index is -0.0464. The van der Waals surface area contributed by atoms with Gasteiger partial charge in [0.05, 0.1) is 7.11 Å². The van der Waals surface area contributed by atoms with E-state index in [1.54, 1.807) is 7.11 Å². The standard InChI is InChI=1S/C21H30O2/c1-13(2)15-10-14-11-17(22)19-20(3,4)8-7-9-21(19,5)16(14)12-18(15)23-6/h10,12-13,19H,7-9,11H2,1-6H3/t19-,21+/m0/s1. The van der Waals surface area contributed by atoms with E-state index in [4.69, 9.17) is 4.74 Å². The number of Topliss-reactive ketones (excluding diaryl/α,β-unsaturated/α-hetero) is 1. The fourth-order valence-corrected chi connectivity index (χ4v) is 5.38. The predicted molar refractivity (Wildman–Crippen MR) is 94.3 cm³/mol. The Balaban J connectivity index is 2.21. The molecule has 2 aliphatic carbocycles. The molecular weight excluding hydrogens is 284 g/mol. The van der Waals surface area contributed by atoms with Crippen LogP contribution in [-0.2, 0) is 16.6 Å². The van der Waals surface area contributed by atoms with Crippen molar-refractivity contribution in [3.63, 3.8) is 0 Å². The second-order valence-corrected chi connectivity index (χ2v) is 8.74. The molecule has 2 nitrogen and oxygen atoms in total. The zero-order valence-electron chi connectivity index (χ0n) is 15.5. The molecule has 0 saturated heterocycles. The van der Waals surface area contributed by atoms with E-state index in [1.807, 2.05) is 0 Å². The Kier molecular flexibility index (Phi) is 3.85. The lowest BCUT2D eigenvalue weighted by molar-refractivity contribution is -0.132. The smallest absolute Gasteiger partial charge is 0.141 e. The molecule has 1 aromatic carbocycles. The van der Waals surface area contributed by atoms with Crippen molar-refractivity contribution in [1.29, 1.82) is 0 Å². The first-order valence-electron chi connectivity index (χ1n) is 8.94. The van der Waals surface area contributed by atoms with Crippen LogP contribution in [0, 0.1) is 11.3 Å². The second-order valence-electron chi connectivity index (χ2n) is 8.74. The van der Waals surface area contributed by atoms with Crippen LogP contribution in [0.3, 0.4) is 0 Å². The Morgan fingerprint density at radius 3 is 2.48 bits per heavy atom. The third kappa shape index (κ3) is 2.42. The highest BCUT2D eigenvalue weighted by Gasteiger charge is 2.53.